The van der Waals surface area contributed by atoms with Crippen molar-refractivity contribution in [3.63, 3.8) is 0 Å². The summed E-state index contributed by atoms with van der Waals surface area (Å²) in [5, 5.41) is 2.94. The van der Waals surface area contributed by atoms with Gasteiger partial charge in [0.05, 0.1) is 25.4 Å². The number of carbonyl (C=O) groups excluding carboxylic acids is 4. The minimum Gasteiger partial charge on any atom is -0.379 e. The van der Waals surface area contributed by atoms with Crippen molar-refractivity contribution in [1.29, 1.82) is 0 Å². The van der Waals surface area contributed by atoms with Crippen LogP contribution in [0.15, 0.2) is 0 Å². The molecular formula is C43H87N5O6. The second-order valence-electron chi connectivity index (χ2n) is 20.2. The van der Waals surface area contributed by atoms with E-state index in [0.29, 0.717) is 17.9 Å². The highest BCUT2D eigenvalue weighted by Gasteiger charge is 2.33. The molecule has 0 spiro atoms. The lowest BCUT2D eigenvalue weighted by Crippen LogP contribution is -2.41. The van der Waals surface area contributed by atoms with Gasteiger partial charge in [-0.3, -0.25) is 24.1 Å². The van der Waals surface area contributed by atoms with Crippen LogP contribution in [0.3, 0.4) is 0 Å². The van der Waals surface area contributed by atoms with Gasteiger partial charge in [-0.15, -0.1) is 0 Å². The van der Waals surface area contributed by atoms with E-state index < -0.39 is 0 Å². The van der Waals surface area contributed by atoms with E-state index in [4.69, 9.17) is 9.47 Å². The molecule has 0 aromatic rings. The minimum absolute atomic E-state index is 0.00765. The van der Waals surface area contributed by atoms with Crippen molar-refractivity contribution < 1.29 is 28.7 Å². The molecule has 1 saturated carbocycles. The number of hydrogen-bond donors (Lipinski definition) is 1. The minimum atomic E-state index is -0.233. The van der Waals surface area contributed by atoms with Gasteiger partial charge in [0, 0.05) is 87.6 Å². The Morgan fingerprint density at radius 2 is 1.20 bits per heavy atom. The number of ether oxygens (including phenoxy) is 2. The van der Waals surface area contributed by atoms with Gasteiger partial charge in [-0.1, -0.05) is 62.3 Å². The number of morpholine rings is 1. The van der Waals surface area contributed by atoms with E-state index in [1.807, 2.05) is 102 Å². The first-order valence-electron chi connectivity index (χ1n) is 20.3. The Hall–Kier alpha value is -2.24. The van der Waals surface area contributed by atoms with Gasteiger partial charge in [0.25, 0.3) is 0 Å². The zero-order valence-electron chi connectivity index (χ0n) is 38.9. The summed E-state index contributed by atoms with van der Waals surface area (Å²) in [6.07, 6.45) is 4.51. The fourth-order valence-electron chi connectivity index (χ4n) is 5.18. The van der Waals surface area contributed by atoms with Crippen LogP contribution in [0.1, 0.15) is 143 Å². The van der Waals surface area contributed by atoms with Crippen molar-refractivity contribution in [2.45, 2.75) is 161 Å². The van der Waals surface area contributed by atoms with Crippen LogP contribution in [0.4, 0.5) is 0 Å². The summed E-state index contributed by atoms with van der Waals surface area (Å²) in [7, 11) is 5.37. The number of nitrogens with one attached hydrogen (secondary N) is 1. The molecule has 320 valence electrons. The molecule has 11 heteroatoms. The van der Waals surface area contributed by atoms with Crippen molar-refractivity contribution in [2.75, 3.05) is 73.7 Å². The van der Waals surface area contributed by atoms with Gasteiger partial charge in [-0.05, 0) is 81.1 Å². The fraction of sp³-hybridized carbons (Fsp3) is 0.907. The molecule has 4 amide bonds. The molecule has 2 saturated heterocycles. The van der Waals surface area contributed by atoms with E-state index in [1.54, 1.807) is 23.9 Å². The smallest absolute Gasteiger partial charge is 0.228 e. The maximum absolute atomic E-state index is 11.8. The maximum Gasteiger partial charge on any atom is 0.228 e. The van der Waals surface area contributed by atoms with E-state index in [-0.39, 0.29) is 45.1 Å². The molecule has 3 fully saturated rings. The molecular weight excluding hydrogens is 683 g/mol. The first-order valence-corrected chi connectivity index (χ1v) is 20.3. The molecule has 1 aliphatic carbocycles. The third-order valence-electron chi connectivity index (χ3n) is 8.46. The average Bonchev–Trinajstić information content (AvgIpc) is 3.79. The number of hydrogen-bond acceptors (Lipinski definition) is 7. The summed E-state index contributed by atoms with van der Waals surface area (Å²) in [4.78, 5) is 53.1. The van der Waals surface area contributed by atoms with E-state index in [9.17, 15) is 19.2 Å². The molecule has 2 heterocycles. The van der Waals surface area contributed by atoms with E-state index in [0.717, 1.165) is 65.4 Å². The van der Waals surface area contributed by atoms with E-state index in [1.165, 1.54) is 12.8 Å². The van der Waals surface area contributed by atoms with Crippen LogP contribution in [0.2, 0.25) is 0 Å². The number of carbonyl (C=O) groups is 4. The van der Waals surface area contributed by atoms with Crippen molar-refractivity contribution in [3.05, 3.63) is 0 Å². The van der Waals surface area contributed by atoms with Gasteiger partial charge in [0.1, 0.15) is 0 Å². The van der Waals surface area contributed by atoms with Crippen LogP contribution in [0, 0.1) is 22.2 Å². The summed E-state index contributed by atoms with van der Waals surface area (Å²) in [5.74, 6) is 1.23. The van der Waals surface area contributed by atoms with E-state index in [2.05, 4.69) is 37.9 Å². The van der Waals surface area contributed by atoms with Crippen LogP contribution < -0.4 is 5.32 Å². The Morgan fingerprint density at radius 1 is 0.722 bits per heavy atom. The molecule has 1 N–H and O–H groups in total. The lowest BCUT2D eigenvalue weighted by atomic mass is 9.94. The lowest BCUT2D eigenvalue weighted by molar-refractivity contribution is -0.140. The Kier molecular flexibility index (Phi) is 23.7. The standard InChI is InChI=1S/C10H21NO2.C10H19NO.C8H15NO.C8H17NO.C7H15NO/c1-10(2,3)13-9-6-11-4-7-12-8-5-11;1-8-6-5-7-11(8)9(12)10(2,3)4;1-8(2,3)9-7(10)6-4-5-6;1-6-9(5)7(10)8(2,3)4;1-7(2,3)6(9)8(4)5/h4-9H2,1-3H3;8H,5-7H2,1-4H3;6H,4-5H2,1-3H3,(H,9,10);6H2,1-5H3;1-5H3. The largest absolute Gasteiger partial charge is 0.379 e. The van der Waals surface area contributed by atoms with Crippen molar-refractivity contribution in [3.8, 4) is 0 Å². The van der Waals surface area contributed by atoms with Gasteiger partial charge in [-0.25, -0.2) is 0 Å². The van der Waals surface area contributed by atoms with Crippen LogP contribution in [-0.4, -0.2) is 134 Å². The molecule has 0 aromatic carbocycles. The fourth-order valence-corrected chi connectivity index (χ4v) is 5.18. The van der Waals surface area contributed by atoms with Crippen LogP contribution in [0.5, 0.6) is 0 Å². The highest BCUT2D eigenvalue weighted by molar-refractivity contribution is 5.82. The molecule has 3 rings (SSSR count). The summed E-state index contributed by atoms with van der Waals surface area (Å²) in [6, 6.07) is 0.455. The van der Waals surface area contributed by atoms with Gasteiger partial charge in [0.2, 0.25) is 23.6 Å². The Bertz CT molecular complexity index is 1100. The van der Waals surface area contributed by atoms with Gasteiger partial charge in [-0.2, -0.15) is 0 Å². The number of likely N-dealkylation sites (tertiary alicyclic amines) is 1. The van der Waals surface area contributed by atoms with Gasteiger partial charge < -0.3 is 29.5 Å². The molecule has 2 aliphatic heterocycles. The lowest BCUT2D eigenvalue weighted by Gasteiger charge is -2.29. The summed E-state index contributed by atoms with van der Waals surface area (Å²) in [5.41, 5.74) is -0.737. The predicted octanol–water partition coefficient (Wildman–Crippen LogP) is 7.12. The molecule has 0 bridgehead atoms. The third kappa shape index (κ3) is 26.5. The first kappa shape index (κ1) is 53.9. The SMILES string of the molecule is CC(C)(C)NC(=O)C1CC1.CC(C)(C)OCCN1CCOCC1.CC1CCCN1C(=O)C(C)(C)C.CCN(C)C(=O)C(C)(C)C.CN(C)C(=O)C(C)(C)C. The zero-order valence-corrected chi connectivity index (χ0v) is 38.9. The summed E-state index contributed by atoms with van der Waals surface area (Å²) >= 11 is 0. The molecule has 1 unspecified atom stereocenters. The zero-order chi connectivity index (χ0) is 42.9. The normalized spacial score (nSPS) is 17.9. The molecule has 0 aromatic heterocycles. The van der Waals surface area contributed by atoms with Crippen LogP contribution >= 0.6 is 0 Å². The third-order valence-corrected chi connectivity index (χ3v) is 8.46. The second-order valence-corrected chi connectivity index (χ2v) is 20.2. The van der Waals surface area contributed by atoms with Crippen molar-refractivity contribution in [1.82, 2.24) is 24.9 Å². The van der Waals surface area contributed by atoms with Crippen molar-refractivity contribution in [2.24, 2.45) is 22.2 Å². The number of amides is 4. The number of rotatable bonds is 5. The quantitative estimate of drug-likeness (QED) is 0.317. The number of nitrogens with zero attached hydrogens (tertiary/aromatic N) is 4. The Morgan fingerprint density at radius 3 is 1.48 bits per heavy atom. The predicted molar refractivity (Wildman–Crippen MR) is 224 cm³/mol. The molecule has 0 radical (unpaired) electrons. The molecule has 1 atom stereocenters. The van der Waals surface area contributed by atoms with Crippen LogP contribution in [0.25, 0.3) is 0 Å². The first-order chi connectivity index (χ1) is 24.2. The average molecular weight is 770 g/mol. The topological polar surface area (TPSA) is 112 Å². The Labute approximate surface area is 333 Å². The van der Waals surface area contributed by atoms with Gasteiger partial charge in [0.15, 0.2) is 0 Å². The monoisotopic (exact) mass is 770 g/mol. The van der Waals surface area contributed by atoms with Gasteiger partial charge >= 0.3 is 0 Å². The molecule has 3 aliphatic rings. The highest BCUT2D eigenvalue weighted by Crippen LogP contribution is 2.29. The molecule has 54 heavy (non-hydrogen) atoms. The van der Waals surface area contributed by atoms with Crippen molar-refractivity contribution >= 4 is 23.6 Å². The summed E-state index contributed by atoms with van der Waals surface area (Å²) in [6.45, 7) is 41.3. The molecule has 11 nitrogen and oxygen atoms in total. The summed E-state index contributed by atoms with van der Waals surface area (Å²) < 4.78 is 10.9. The van der Waals surface area contributed by atoms with Crippen LogP contribution in [-0.2, 0) is 28.7 Å². The Balaban J connectivity index is 0. The maximum atomic E-state index is 11.8. The second kappa shape index (κ2) is 23.7. The highest BCUT2D eigenvalue weighted by atomic mass is 16.5. The van der Waals surface area contributed by atoms with E-state index >= 15 is 0 Å².